The van der Waals surface area contributed by atoms with Gasteiger partial charge in [-0.3, -0.25) is 19.2 Å². The predicted octanol–water partition coefficient (Wildman–Crippen LogP) is 5.23. The number of ketones is 1. The van der Waals surface area contributed by atoms with Crippen LogP contribution in [0.5, 0.6) is 0 Å². The highest BCUT2D eigenvalue weighted by molar-refractivity contribution is 5.97. The summed E-state index contributed by atoms with van der Waals surface area (Å²) >= 11 is 0. The van der Waals surface area contributed by atoms with E-state index in [2.05, 4.69) is 15.5 Å². The number of nitrogens with one attached hydrogen (secondary N) is 2. The van der Waals surface area contributed by atoms with Gasteiger partial charge in [0.1, 0.15) is 11.9 Å². The number of aryl methyl sites for hydroxylation is 1. The number of benzene rings is 2. The summed E-state index contributed by atoms with van der Waals surface area (Å²) in [7, 11) is 1.97. The van der Waals surface area contributed by atoms with Crippen LogP contribution < -0.4 is 10.6 Å². The highest BCUT2D eigenvalue weighted by Crippen LogP contribution is 2.37. The van der Waals surface area contributed by atoms with Crippen molar-refractivity contribution in [2.75, 3.05) is 38.5 Å². The molecule has 11 heteroatoms. The van der Waals surface area contributed by atoms with Crippen LogP contribution in [-0.2, 0) is 31.5 Å². The van der Waals surface area contributed by atoms with E-state index in [1.54, 1.807) is 24.8 Å². The van der Waals surface area contributed by atoms with Crippen molar-refractivity contribution >= 4 is 29.2 Å². The summed E-state index contributed by atoms with van der Waals surface area (Å²) in [6.07, 6.45) is 3.42. The first kappa shape index (κ1) is 35.1. The van der Waals surface area contributed by atoms with Crippen LogP contribution in [-0.4, -0.2) is 72.6 Å². The number of nitrogens with zero attached hydrogens (tertiary/aromatic N) is 2. The Morgan fingerprint density at radius 2 is 1.61 bits per heavy atom. The Morgan fingerprint density at radius 3 is 2.22 bits per heavy atom. The topological polar surface area (TPSA) is 98.8 Å². The van der Waals surface area contributed by atoms with E-state index in [1.807, 2.05) is 7.05 Å². The summed E-state index contributed by atoms with van der Waals surface area (Å²) in [5.41, 5.74) is 0.650. The molecule has 1 aliphatic heterocycles. The van der Waals surface area contributed by atoms with E-state index in [-0.39, 0.29) is 36.3 Å². The summed E-state index contributed by atoms with van der Waals surface area (Å²) in [6.45, 7) is 5.90. The van der Waals surface area contributed by atoms with Crippen LogP contribution in [0.25, 0.3) is 0 Å². The summed E-state index contributed by atoms with van der Waals surface area (Å²) in [4.78, 5) is 55.9. The molecule has 8 nitrogen and oxygen atoms in total. The fourth-order valence-corrected chi connectivity index (χ4v) is 6.25. The molecule has 1 heterocycles. The molecule has 0 bridgehead atoms. The minimum Gasteiger partial charge on any atom is -0.344 e. The number of likely N-dealkylation sites (N-methyl/N-ethyl adjacent to an activating group) is 1. The lowest BCUT2D eigenvalue weighted by molar-refractivity contribution is -0.147. The largest absolute Gasteiger partial charge is 0.344 e. The Labute approximate surface area is 269 Å². The van der Waals surface area contributed by atoms with Gasteiger partial charge in [-0.1, -0.05) is 62.1 Å². The first-order valence-electron chi connectivity index (χ1n) is 16.2. The van der Waals surface area contributed by atoms with Gasteiger partial charge in [0.2, 0.25) is 23.5 Å². The van der Waals surface area contributed by atoms with Gasteiger partial charge in [-0.15, -0.1) is 0 Å². The van der Waals surface area contributed by atoms with Crippen LogP contribution >= 0.6 is 0 Å². The third-order valence-corrected chi connectivity index (χ3v) is 9.23. The average molecular weight is 643 g/mol. The standard InChI is InChI=1S/C35H45F3N4O4/c1-4-32(44)39-30(34(46)42-18-16-41(3)17-19-42)21-24-12-15-29(28(36)20-24)40-33(45)27(25-8-6-5-7-9-25)22-31(43)35(37,38)26-13-10-23(2)11-14-26/h10-15,20,25,27,30H,4-9,16-19,21-22H2,1-3H3,(H,39,44)(H,40,45)/t27-,30+/m0/s1. The minimum absolute atomic E-state index is 0.0509. The SMILES string of the molecule is CCC(=O)N[C@H](Cc1ccc(NC(=O)[C@@H](CC(=O)C(F)(F)c2ccc(C)cc2)C2CCCCC2)c(F)c1)C(=O)N1CCN(C)CC1. The van der Waals surface area contributed by atoms with E-state index in [1.165, 1.54) is 36.4 Å². The number of alkyl halides is 2. The van der Waals surface area contributed by atoms with Crippen molar-refractivity contribution in [1.29, 1.82) is 0 Å². The Morgan fingerprint density at radius 1 is 0.957 bits per heavy atom. The van der Waals surface area contributed by atoms with Gasteiger partial charge in [0.25, 0.3) is 0 Å². The first-order valence-corrected chi connectivity index (χ1v) is 16.2. The maximum absolute atomic E-state index is 15.4. The third-order valence-electron chi connectivity index (χ3n) is 9.23. The zero-order chi connectivity index (χ0) is 33.4. The van der Waals surface area contributed by atoms with E-state index in [4.69, 9.17) is 0 Å². The number of Topliss-reactive ketones (excluding diaryl/α,β-unsaturated/α-hetero) is 1. The Hall–Kier alpha value is -3.73. The van der Waals surface area contributed by atoms with Gasteiger partial charge in [-0.05, 0) is 50.4 Å². The molecule has 0 aromatic heterocycles. The molecule has 1 saturated heterocycles. The number of amides is 3. The third kappa shape index (κ3) is 8.96. The van der Waals surface area contributed by atoms with E-state index >= 15 is 13.2 Å². The highest BCUT2D eigenvalue weighted by atomic mass is 19.3. The molecule has 2 aromatic rings. The van der Waals surface area contributed by atoms with Gasteiger partial charge in [0.15, 0.2) is 0 Å². The number of carbonyl (C=O) groups is 4. The number of hydrogen-bond donors (Lipinski definition) is 2. The fourth-order valence-electron chi connectivity index (χ4n) is 6.25. The molecule has 2 aliphatic rings. The number of carbonyl (C=O) groups excluding carboxylic acids is 4. The minimum atomic E-state index is -3.76. The lowest BCUT2D eigenvalue weighted by Gasteiger charge is -2.34. The van der Waals surface area contributed by atoms with Gasteiger partial charge < -0.3 is 20.4 Å². The highest BCUT2D eigenvalue weighted by Gasteiger charge is 2.44. The quantitative estimate of drug-likeness (QED) is 0.331. The first-order chi connectivity index (χ1) is 21.9. The van der Waals surface area contributed by atoms with Crippen molar-refractivity contribution in [2.24, 2.45) is 11.8 Å². The number of hydrogen-bond acceptors (Lipinski definition) is 5. The van der Waals surface area contributed by atoms with Crippen molar-refractivity contribution in [3.05, 3.63) is 65.0 Å². The molecule has 0 radical (unpaired) electrons. The van der Waals surface area contributed by atoms with Gasteiger partial charge in [-0.25, -0.2) is 4.39 Å². The average Bonchev–Trinajstić information content (AvgIpc) is 3.04. The second-order valence-corrected chi connectivity index (χ2v) is 12.7. The molecule has 1 saturated carbocycles. The van der Waals surface area contributed by atoms with Gasteiger partial charge >= 0.3 is 5.92 Å². The monoisotopic (exact) mass is 642 g/mol. The van der Waals surface area contributed by atoms with Gasteiger partial charge in [0.05, 0.1) is 5.69 Å². The van der Waals surface area contributed by atoms with E-state index in [0.29, 0.717) is 44.6 Å². The summed E-state index contributed by atoms with van der Waals surface area (Å²) < 4.78 is 45.8. The summed E-state index contributed by atoms with van der Waals surface area (Å²) in [5, 5.41) is 5.31. The molecule has 2 aromatic carbocycles. The number of anilines is 1. The number of rotatable bonds is 12. The second kappa shape index (κ2) is 15.7. The Balaban J connectivity index is 1.48. The fraction of sp³-hybridized carbons (Fsp3) is 0.543. The lowest BCUT2D eigenvalue weighted by atomic mass is 9.76. The Bertz CT molecular complexity index is 1390. The van der Waals surface area contributed by atoms with Crippen molar-refractivity contribution < 1.29 is 32.3 Å². The summed E-state index contributed by atoms with van der Waals surface area (Å²) in [5.74, 6) is -8.41. The molecule has 2 atom stereocenters. The molecule has 250 valence electrons. The number of piperazine rings is 1. The van der Waals surface area contributed by atoms with Gasteiger partial charge in [-0.2, -0.15) is 8.78 Å². The van der Waals surface area contributed by atoms with Crippen molar-refractivity contribution in [2.45, 2.75) is 77.2 Å². The second-order valence-electron chi connectivity index (χ2n) is 12.7. The zero-order valence-electron chi connectivity index (χ0n) is 26.9. The van der Waals surface area contributed by atoms with E-state index < -0.39 is 47.4 Å². The van der Waals surface area contributed by atoms with Crippen LogP contribution in [0.3, 0.4) is 0 Å². The Kier molecular flexibility index (Phi) is 12.0. The molecule has 0 spiro atoms. The molecule has 0 unspecified atom stereocenters. The molecule has 4 rings (SSSR count). The molecular formula is C35H45F3N4O4. The smallest absolute Gasteiger partial charge is 0.330 e. The van der Waals surface area contributed by atoms with Crippen molar-refractivity contribution in [1.82, 2.24) is 15.1 Å². The number of halogens is 3. The molecule has 46 heavy (non-hydrogen) atoms. The van der Waals surface area contributed by atoms with Crippen molar-refractivity contribution in [3.8, 4) is 0 Å². The van der Waals surface area contributed by atoms with E-state index in [9.17, 15) is 19.2 Å². The normalized spacial score (nSPS) is 17.7. The molecule has 3 amide bonds. The molecule has 1 aliphatic carbocycles. The summed E-state index contributed by atoms with van der Waals surface area (Å²) in [6, 6.07) is 8.70. The van der Waals surface area contributed by atoms with Crippen LogP contribution in [0.1, 0.15) is 68.6 Å². The predicted molar refractivity (Wildman–Crippen MR) is 170 cm³/mol. The van der Waals surface area contributed by atoms with Gasteiger partial charge in [0, 0.05) is 56.9 Å². The van der Waals surface area contributed by atoms with Crippen LogP contribution in [0.2, 0.25) is 0 Å². The zero-order valence-corrected chi connectivity index (χ0v) is 26.9. The van der Waals surface area contributed by atoms with E-state index in [0.717, 1.165) is 24.8 Å². The van der Waals surface area contributed by atoms with Crippen LogP contribution in [0.4, 0.5) is 18.9 Å². The molecular weight excluding hydrogens is 597 g/mol. The van der Waals surface area contributed by atoms with Crippen LogP contribution in [0, 0.1) is 24.6 Å². The maximum Gasteiger partial charge on any atom is 0.330 e. The molecule has 2 fully saturated rings. The van der Waals surface area contributed by atoms with Crippen LogP contribution in [0.15, 0.2) is 42.5 Å². The lowest BCUT2D eigenvalue weighted by Crippen LogP contribution is -2.54. The van der Waals surface area contributed by atoms with Crippen molar-refractivity contribution in [3.63, 3.8) is 0 Å². The maximum atomic E-state index is 15.4. The molecule has 2 N–H and O–H groups in total.